The highest BCUT2D eigenvalue weighted by Crippen LogP contribution is 2.39. The van der Waals surface area contributed by atoms with E-state index in [-0.39, 0.29) is 0 Å². The Kier molecular flexibility index (Phi) is 4.78. The smallest absolute Gasteiger partial charge is 0.274 e. The number of carbonyl (C=O) groups excluding carboxylic acids is 1. The summed E-state index contributed by atoms with van der Waals surface area (Å²) >= 11 is 0. The maximum Gasteiger partial charge on any atom is 0.274 e. The van der Waals surface area contributed by atoms with Crippen molar-refractivity contribution in [3.05, 3.63) is 108 Å². The zero-order valence-corrected chi connectivity index (χ0v) is 18.1. The Morgan fingerprint density at radius 3 is 2.35 bits per heavy atom. The molecule has 0 spiro atoms. The monoisotopic (exact) mass is 444 g/mol. The predicted molar refractivity (Wildman–Crippen MR) is 133 cm³/mol. The quantitative estimate of drug-likeness (QED) is 0.275. The van der Waals surface area contributed by atoms with E-state index < -0.39 is 5.91 Å². The first-order valence-electron chi connectivity index (χ1n) is 11.0. The number of nitrogens with one attached hydrogen (secondary N) is 1. The largest absolute Gasteiger partial charge is 0.335 e. The minimum absolute atomic E-state index is 0.403. The molecule has 34 heavy (non-hydrogen) atoms. The first-order chi connectivity index (χ1) is 16.7. The van der Waals surface area contributed by atoms with Crippen molar-refractivity contribution in [1.29, 1.82) is 0 Å². The molecule has 0 aliphatic rings. The topological polar surface area (TPSA) is 80.0 Å². The summed E-state index contributed by atoms with van der Waals surface area (Å²) < 4.78 is 2.31. The van der Waals surface area contributed by atoms with Gasteiger partial charge in [-0.15, -0.1) is 0 Å². The highest BCUT2D eigenvalue weighted by Gasteiger charge is 2.20. The molecule has 0 saturated carbocycles. The minimum Gasteiger partial charge on any atom is -0.335 e. The molecule has 0 fully saturated rings. The van der Waals surface area contributed by atoms with Crippen LogP contribution in [0.1, 0.15) is 15.9 Å². The van der Waals surface area contributed by atoms with Gasteiger partial charge in [0.1, 0.15) is 0 Å². The molecule has 0 radical (unpaired) electrons. The van der Waals surface area contributed by atoms with Crippen LogP contribution in [0.4, 0.5) is 0 Å². The van der Waals surface area contributed by atoms with Gasteiger partial charge in [0.15, 0.2) is 0 Å². The van der Waals surface area contributed by atoms with Gasteiger partial charge >= 0.3 is 0 Å². The first kappa shape index (κ1) is 20.1. The molecule has 6 aromatic rings. The predicted octanol–water partition coefficient (Wildman–Crippen LogP) is 5.57. The van der Waals surface area contributed by atoms with Gasteiger partial charge in [-0.25, -0.2) is 10.5 Å². The van der Waals surface area contributed by atoms with Crippen molar-refractivity contribution in [1.82, 2.24) is 20.0 Å². The van der Waals surface area contributed by atoms with Crippen LogP contribution in [0.5, 0.6) is 0 Å². The molecule has 3 aromatic heterocycles. The molecular weight excluding hydrogens is 424 g/mol. The van der Waals surface area contributed by atoms with Crippen LogP contribution in [0.3, 0.4) is 0 Å². The number of benzene rings is 3. The van der Waals surface area contributed by atoms with Crippen molar-refractivity contribution in [3.63, 3.8) is 0 Å². The summed E-state index contributed by atoms with van der Waals surface area (Å²) in [6, 6.07) is 29.7. The lowest BCUT2D eigenvalue weighted by Crippen LogP contribution is -2.18. The molecule has 0 bridgehead atoms. The molecule has 0 unspecified atom stereocenters. The molecule has 0 saturated heterocycles. The maximum atomic E-state index is 11.7. The van der Waals surface area contributed by atoms with E-state index >= 15 is 0 Å². The minimum atomic E-state index is -0.527. The van der Waals surface area contributed by atoms with Crippen LogP contribution in [-0.4, -0.2) is 25.6 Å². The van der Waals surface area contributed by atoms with Gasteiger partial charge in [-0.05, 0) is 42.0 Å². The summed E-state index contributed by atoms with van der Waals surface area (Å²) in [5.74, 6) is -0.527. The molecule has 0 aliphatic heterocycles. The van der Waals surface area contributed by atoms with Crippen molar-refractivity contribution in [2.45, 2.75) is 6.54 Å². The average molecular weight is 444 g/mol. The van der Waals surface area contributed by atoms with Crippen LogP contribution in [0, 0.1) is 0 Å². The second kappa shape index (κ2) is 8.10. The van der Waals surface area contributed by atoms with Gasteiger partial charge in [-0.3, -0.25) is 15.0 Å². The van der Waals surface area contributed by atoms with Crippen LogP contribution in [0.2, 0.25) is 0 Å². The van der Waals surface area contributed by atoms with E-state index in [2.05, 4.69) is 27.8 Å². The third-order valence-corrected chi connectivity index (χ3v) is 6.17. The summed E-state index contributed by atoms with van der Waals surface area (Å²) in [5, 5.41) is 12.2. The molecule has 3 aromatic carbocycles. The highest BCUT2D eigenvalue weighted by atomic mass is 16.5. The van der Waals surface area contributed by atoms with Gasteiger partial charge in [0, 0.05) is 40.0 Å². The summed E-state index contributed by atoms with van der Waals surface area (Å²) in [4.78, 5) is 21.4. The van der Waals surface area contributed by atoms with Crippen molar-refractivity contribution in [2.75, 3.05) is 0 Å². The Hall–Kier alpha value is -4.55. The number of hydroxylamine groups is 1. The van der Waals surface area contributed by atoms with E-state index in [0.717, 1.165) is 49.7 Å². The fourth-order valence-electron chi connectivity index (χ4n) is 4.63. The third kappa shape index (κ3) is 3.20. The van der Waals surface area contributed by atoms with Gasteiger partial charge in [0.2, 0.25) is 0 Å². The van der Waals surface area contributed by atoms with E-state index in [1.165, 1.54) is 0 Å². The van der Waals surface area contributed by atoms with E-state index in [1.807, 2.05) is 60.7 Å². The van der Waals surface area contributed by atoms with E-state index in [0.29, 0.717) is 12.1 Å². The molecule has 1 amide bonds. The SMILES string of the molecule is O=C(NO)c1ccc(Cn2c3ccccc3c3c(-c4ccccn4)nc4ccccc4c32)cc1. The fraction of sp³-hybridized carbons (Fsp3) is 0.0357. The Morgan fingerprint density at radius 1 is 0.853 bits per heavy atom. The van der Waals surface area contributed by atoms with Gasteiger partial charge in [0.05, 0.1) is 22.4 Å². The Labute approximate surface area is 195 Å². The van der Waals surface area contributed by atoms with Gasteiger partial charge in [-0.2, -0.15) is 0 Å². The van der Waals surface area contributed by atoms with Crippen molar-refractivity contribution in [3.8, 4) is 11.4 Å². The molecule has 0 atom stereocenters. The number of fused-ring (bicyclic) bond motifs is 5. The molecular formula is C28H20N4O2. The lowest BCUT2D eigenvalue weighted by molar-refractivity contribution is 0.0706. The van der Waals surface area contributed by atoms with Crippen LogP contribution in [0.25, 0.3) is 44.1 Å². The van der Waals surface area contributed by atoms with Gasteiger partial charge in [-0.1, -0.05) is 54.6 Å². The number of hydrogen-bond acceptors (Lipinski definition) is 4. The average Bonchev–Trinajstić information content (AvgIpc) is 3.23. The van der Waals surface area contributed by atoms with Gasteiger partial charge < -0.3 is 4.57 Å². The van der Waals surface area contributed by atoms with Crippen LogP contribution in [0.15, 0.2) is 97.2 Å². The molecule has 6 rings (SSSR count). The molecule has 6 nitrogen and oxygen atoms in total. The Balaban J connectivity index is 1.66. The number of aromatic nitrogens is 3. The molecule has 164 valence electrons. The number of carbonyl (C=O) groups is 1. The van der Waals surface area contributed by atoms with Crippen LogP contribution < -0.4 is 5.48 Å². The first-order valence-corrected chi connectivity index (χ1v) is 11.0. The van der Waals surface area contributed by atoms with E-state index in [4.69, 9.17) is 10.2 Å². The van der Waals surface area contributed by atoms with Crippen LogP contribution >= 0.6 is 0 Å². The van der Waals surface area contributed by atoms with Crippen LogP contribution in [-0.2, 0) is 6.54 Å². The number of nitrogens with zero attached hydrogens (tertiary/aromatic N) is 3. The third-order valence-electron chi connectivity index (χ3n) is 6.17. The highest BCUT2D eigenvalue weighted by molar-refractivity contribution is 6.21. The Morgan fingerprint density at radius 2 is 1.59 bits per heavy atom. The fourth-order valence-corrected chi connectivity index (χ4v) is 4.63. The molecule has 6 heteroatoms. The summed E-state index contributed by atoms with van der Waals surface area (Å²) in [5.41, 5.74) is 7.93. The lowest BCUT2D eigenvalue weighted by atomic mass is 10.1. The lowest BCUT2D eigenvalue weighted by Gasteiger charge is -2.12. The Bertz CT molecular complexity index is 1670. The maximum absolute atomic E-state index is 11.7. The molecule has 3 heterocycles. The number of para-hydroxylation sites is 2. The second-order valence-electron chi connectivity index (χ2n) is 8.16. The number of pyridine rings is 2. The number of amides is 1. The molecule has 0 aliphatic carbocycles. The van der Waals surface area contributed by atoms with Crippen molar-refractivity contribution in [2.24, 2.45) is 0 Å². The zero-order valence-electron chi connectivity index (χ0n) is 18.1. The normalized spacial score (nSPS) is 11.3. The second-order valence-corrected chi connectivity index (χ2v) is 8.16. The summed E-state index contributed by atoms with van der Waals surface area (Å²) in [6.45, 7) is 0.612. The summed E-state index contributed by atoms with van der Waals surface area (Å²) in [6.07, 6.45) is 1.79. The van der Waals surface area contributed by atoms with E-state index in [9.17, 15) is 4.79 Å². The van der Waals surface area contributed by atoms with E-state index in [1.54, 1.807) is 23.8 Å². The van der Waals surface area contributed by atoms with Crippen molar-refractivity contribution < 1.29 is 10.0 Å². The van der Waals surface area contributed by atoms with Gasteiger partial charge in [0.25, 0.3) is 5.91 Å². The standard InChI is InChI=1S/C28H20N4O2/c33-28(31-34)19-14-12-18(13-15-19)17-32-24-11-4-2-8-21(24)25-26(23-10-5-6-16-29-23)30-22-9-3-1-7-20(22)27(25)32/h1-16,34H,17H2,(H,31,33). The number of rotatable bonds is 4. The van der Waals surface area contributed by atoms with Crippen molar-refractivity contribution >= 4 is 38.6 Å². The summed E-state index contributed by atoms with van der Waals surface area (Å²) in [7, 11) is 0. The molecule has 2 N–H and O–H groups in total. The number of hydrogen-bond donors (Lipinski definition) is 2. The zero-order chi connectivity index (χ0) is 23.1.